The number of methoxy groups -OCH3 is 2. The van der Waals surface area contributed by atoms with E-state index in [1.807, 2.05) is 0 Å². The van der Waals surface area contributed by atoms with Gasteiger partial charge in [0, 0.05) is 27.8 Å². The van der Waals surface area contributed by atoms with Crippen molar-refractivity contribution >= 4 is 51.6 Å². The highest BCUT2D eigenvalue weighted by atomic mass is 35.5. The summed E-state index contributed by atoms with van der Waals surface area (Å²) in [6.07, 6.45) is 0. The standard InChI is InChI=1S/C25H21ClN4O5/c1-34-19-9-7-17(8-10-19)27-23(31)22-13-15-12-16(26)6-11-21(15)30(22)29-25(33)24(32)28-18-4-3-5-20(14-18)35-2/h3-14H,1-2H3,(H,27,31)(H,28,32)(H,29,33). The molecule has 0 saturated heterocycles. The Kier molecular flexibility index (Phi) is 6.88. The fourth-order valence-electron chi connectivity index (χ4n) is 3.38. The number of carbonyl (C=O) groups is 3. The number of carbonyl (C=O) groups excluding carboxylic acids is 3. The second-order valence-electron chi connectivity index (χ2n) is 7.38. The van der Waals surface area contributed by atoms with Crippen LogP contribution in [0.2, 0.25) is 5.02 Å². The number of nitrogens with one attached hydrogen (secondary N) is 3. The highest BCUT2D eigenvalue weighted by Gasteiger charge is 2.21. The Hall–Kier alpha value is -4.50. The van der Waals surface area contributed by atoms with Crippen LogP contribution in [0.15, 0.2) is 72.8 Å². The number of aromatic nitrogens is 1. The fraction of sp³-hybridized carbons (Fsp3) is 0.0800. The molecule has 1 aromatic heterocycles. The van der Waals surface area contributed by atoms with E-state index < -0.39 is 17.7 Å². The Morgan fingerprint density at radius 3 is 2.23 bits per heavy atom. The van der Waals surface area contributed by atoms with Crippen molar-refractivity contribution in [1.82, 2.24) is 4.68 Å². The molecule has 10 heteroatoms. The molecule has 0 aliphatic carbocycles. The van der Waals surface area contributed by atoms with Crippen molar-refractivity contribution in [3.63, 3.8) is 0 Å². The Bertz CT molecular complexity index is 1420. The van der Waals surface area contributed by atoms with Gasteiger partial charge < -0.3 is 20.1 Å². The van der Waals surface area contributed by atoms with E-state index in [9.17, 15) is 14.4 Å². The van der Waals surface area contributed by atoms with Crippen LogP contribution in [-0.4, -0.2) is 36.6 Å². The third-order valence-corrected chi connectivity index (χ3v) is 5.33. The minimum atomic E-state index is -0.973. The molecular weight excluding hydrogens is 472 g/mol. The van der Waals surface area contributed by atoms with Gasteiger partial charge in [0.1, 0.15) is 17.2 Å². The van der Waals surface area contributed by atoms with Gasteiger partial charge in [0.2, 0.25) is 0 Å². The Morgan fingerprint density at radius 1 is 0.771 bits per heavy atom. The molecule has 0 spiro atoms. The molecule has 0 aliphatic rings. The SMILES string of the molecule is COc1ccc(NC(=O)c2cc3cc(Cl)ccc3n2NC(=O)C(=O)Nc2cccc(OC)c2)cc1. The summed E-state index contributed by atoms with van der Waals surface area (Å²) >= 11 is 6.11. The smallest absolute Gasteiger partial charge is 0.328 e. The minimum absolute atomic E-state index is 0.0978. The number of hydrogen-bond donors (Lipinski definition) is 3. The van der Waals surface area contributed by atoms with Crippen LogP contribution in [0.4, 0.5) is 11.4 Å². The van der Waals surface area contributed by atoms with Gasteiger partial charge in [0.15, 0.2) is 0 Å². The van der Waals surface area contributed by atoms with E-state index in [0.717, 1.165) is 0 Å². The normalized spacial score (nSPS) is 10.5. The molecule has 1 heterocycles. The topological polar surface area (TPSA) is 111 Å². The van der Waals surface area contributed by atoms with Gasteiger partial charge in [-0.15, -0.1) is 0 Å². The third kappa shape index (κ3) is 5.36. The highest BCUT2D eigenvalue weighted by molar-refractivity contribution is 6.42. The number of rotatable bonds is 6. The summed E-state index contributed by atoms with van der Waals surface area (Å²) in [6, 6.07) is 19.8. The summed E-state index contributed by atoms with van der Waals surface area (Å²) in [7, 11) is 3.04. The molecule has 0 aliphatic heterocycles. The van der Waals surface area contributed by atoms with Crippen molar-refractivity contribution in [2.45, 2.75) is 0 Å². The average molecular weight is 493 g/mol. The molecule has 0 fully saturated rings. The lowest BCUT2D eigenvalue weighted by Crippen LogP contribution is -2.36. The zero-order valence-corrected chi connectivity index (χ0v) is 19.6. The van der Waals surface area contributed by atoms with Gasteiger partial charge in [0.05, 0.1) is 19.7 Å². The number of halogens is 1. The predicted molar refractivity (Wildman–Crippen MR) is 134 cm³/mol. The van der Waals surface area contributed by atoms with E-state index in [2.05, 4.69) is 16.1 Å². The number of ether oxygens (including phenoxy) is 2. The molecule has 0 atom stereocenters. The average Bonchev–Trinajstić information content (AvgIpc) is 3.21. The van der Waals surface area contributed by atoms with Gasteiger partial charge in [0.25, 0.3) is 5.91 Å². The number of nitrogens with zero attached hydrogens (tertiary/aromatic N) is 1. The lowest BCUT2D eigenvalue weighted by Gasteiger charge is -2.13. The zero-order chi connectivity index (χ0) is 24.9. The summed E-state index contributed by atoms with van der Waals surface area (Å²) < 4.78 is 11.5. The number of anilines is 2. The maximum absolute atomic E-state index is 13.1. The molecule has 9 nitrogen and oxygen atoms in total. The van der Waals surface area contributed by atoms with E-state index in [-0.39, 0.29) is 5.69 Å². The van der Waals surface area contributed by atoms with Crippen LogP contribution in [0.5, 0.6) is 11.5 Å². The van der Waals surface area contributed by atoms with Gasteiger partial charge in [-0.05, 0) is 60.7 Å². The first-order valence-electron chi connectivity index (χ1n) is 10.4. The quantitative estimate of drug-likeness (QED) is 0.348. The van der Waals surface area contributed by atoms with Gasteiger partial charge in [-0.1, -0.05) is 17.7 Å². The van der Waals surface area contributed by atoms with Gasteiger partial charge in [-0.2, -0.15) is 0 Å². The molecule has 178 valence electrons. The van der Waals surface area contributed by atoms with E-state index in [1.54, 1.807) is 79.9 Å². The first-order chi connectivity index (χ1) is 16.9. The van der Waals surface area contributed by atoms with E-state index in [0.29, 0.717) is 38.8 Å². The summed E-state index contributed by atoms with van der Waals surface area (Å²) in [5.74, 6) is -1.24. The van der Waals surface area contributed by atoms with Crippen molar-refractivity contribution in [2.24, 2.45) is 0 Å². The molecule has 0 radical (unpaired) electrons. The van der Waals surface area contributed by atoms with Gasteiger partial charge >= 0.3 is 11.8 Å². The Morgan fingerprint density at radius 2 is 1.51 bits per heavy atom. The van der Waals surface area contributed by atoms with Crippen LogP contribution >= 0.6 is 11.6 Å². The third-order valence-electron chi connectivity index (χ3n) is 5.09. The van der Waals surface area contributed by atoms with Crippen molar-refractivity contribution in [2.75, 3.05) is 30.3 Å². The molecule has 0 saturated carbocycles. The first kappa shape index (κ1) is 23.7. The summed E-state index contributed by atoms with van der Waals surface area (Å²) in [5, 5.41) is 6.33. The highest BCUT2D eigenvalue weighted by Crippen LogP contribution is 2.24. The zero-order valence-electron chi connectivity index (χ0n) is 18.8. The summed E-state index contributed by atoms with van der Waals surface area (Å²) in [6.45, 7) is 0. The molecule has 35 heavy (non-hydrogen) atoms. The number of amides is 3. The van der Waals surface area contributed by atoms with Crippen LogP contribution in [0.1, 0.15) is 10.5 Å². The summed E-state index contributed by atoms with van der Waals surface area (Å²) in [5.41, 5.74) is 3.98. The number of hydrogen-bond acceptors (Lipinski definition) is 5. The fourth-order valence-corrected chi connectivity index (χ4v) is 3.56. The van der Waals surface area contributed by atoms with Crippen LogP contribution in [0.25, 0.3) is 10.9 Å². The second kappa shape index (κ2) is 10.2. The van der Waals surface area contributed by atoms with Crippen LogP contribution in [0.3, 0.4) is 0 Å². The molecule has 4 rings (SSSR count). The molecular formula is C25H21ClN4O5. The Labute approximate surface area is 205 Å². The lowest BCUT2D eigenvalue weighted by molar-refractivity contribution is -0.133. The summed E-state index contributed by atoms with van der Waals surface area (Å²) in [4.78, 5) is 38.4. The van der Waals surface area contributed by atoms with Gasteiger partial charge in [-0.3, -0.25) is 19.8 Å². The van der Waals surface area contributed by atoms with Crippen LogP contribution in [-0.2, 0) is 9.59 Å². The van der Waals surface area contributed by atoms with Crippen molar-refractivity contribution in [1.29, 1.82) is 0 Å². The number of benzene rings is 3. The van der Waals surface area contributed by atoms with Crippen molar-refractivity contribution < 1.29 is 23.9 Å². The van der Waals surface area contributed by atoms with Crippen molar-refractivity contribution in [3.8, 4) is 11.5 Å². The Balaban J connectivity index is 1.60. The molecule has 4 aromatic rings. The van der Waals surface area contributed by atoms with Crippen LogP contribution < -0.4 is 25.5 Å². The van der Waals surface area contributed by atoms with Crippen molar-refractivity contribution in [3.05, 3.63) is 83.5 Å². The molecule has 3 aromatic carbocycles. The second-order valence-corrected chi connectivity index (χ2v) is 7.81. The monoisotopic (exact) mass is 492 g/mol. The molecule has 0 bridgehead atoms. The van der Waals surface area contributed by atoms with E-state index in [1.165, 1.54) is 11.8 Å². The minimum Gasteiger partial charge on any atom is -0.497 e. The number of fused-ring (bicyclic) bond motifs is 1. The first-order valence-corrected chi connectivity index (χ1v) is 10.8. The van der Waals surface area contributed by atoms with E-state index in [4.69, 9.17) is 21.1 Å². The molecule has 3 amide bonds. The molecule has 3 N–H and O–H groups in total. The lowest BCUT2D eigenvalue weighted by atomic mass is 10.2. The maximum Gasteiger partial charge on any atom is 0.328 e. The van der Waals surface area contributed by atoms with E-state index >= 15 is 0 Å². The predicted octanol–water partition coefficient (Wildman–Crippen LogP) is 4.27. The maximum atomic E-state index is 13.1. The van der Waals surface area contributed by atoms with Gasteiger partial charge in [-0.25, -0.2) is 4.68 Å². The largest absolute Gasteiger partial charge is 0.497 e. The van der Waals surface area contributed by atoms with Crippen LogP contribution in [0, 0.1) is 0 Å². The molecule has 0 unspecified atom stereocenters.